The first-order valence-electron chi connectivity index (χ1n) is 6.05. The molecule has 1 N–H and O–H groups in total. The van der Waals surface area contributed by atoms with Crippen LogP contribution in [0.5, 0.6) is 5.75 Å². The minimum atomic E-state index is -0.872. The molecule has 5 nitrogen and oxygen atoms in total. The SMILES string of the molecule is CCN(CC(=O)O)c1nccc2c(OC)cccc12. The van der Waals surface area contributed by atoms with E-state index in [1.807, 2.05) is 31.2 Å². The Morgan fingerprint density at radius 3 is 2.79 bits per heavy atom. The van der Waals surface area contributed by atoms with Crippen molar-refractivity contribution in [3.8, 4) is 5.75 Å². The van der Waals surface area contributed by atoms with Crippen LogP contribution < -0.4 is 9.64 Å². The summed E-state index contributed by atoms with van der Waals surface area (Å²) in [6.07, 6.45) is 1.67. The number of aromatic nitrogens is 1. The van der Waals surface area contributed by atoms with Gasteiger partial charge in [-0.1, -0.05) is 12.1 Å². The van der Waals surface area contributed by atoms with Crippen molar-refractivity contribution >= 4 is 22.6 Å². The summed E-state index contributed by atoms with van der Waals surface area (Å²) < 4.78 is 5.31. The van der Waals surface area contributed by atoms with Crippen LogP contribution in [0.1, 0.15) is 6.92 Å². The molecule has 19 heavy (non-hydrogen) atoms. The molecule has 0 aliphatic heterocycles. The fourth-order valence-corrected chi connectivity index (χ4v) is 2.09. The first-order valence-corrected chi connectivity index (χ1v) is 6.05. The molecule has 0 aliphatic carbocycles. The maximum atomic E-state index is 10.9. The van der Waals surface area contributed by atoms with Gasteiger partial charge in [0.1, 0.15) is 18.1 Å². The molecule has 100 valence electrons. The topological polar surface area (TPSA) is 62.7 Å². The van der Waals surface area contributed by atoms with E-state index in [-0.39, 0.29) is 6.54 Å². The highest BCUT2D eigenvalue weighted by atomic mass is 16.5. The number of carboxylic acids is 1. The van der Waals surface area contributed by atoms with Gasteiger partial charge in [0.25, 0.3) is 0 Å². The third kappa shape index (κ3) is 2.59. The summed E-state index contributed by atoms with van der Waals surface area (Å²) >= 11 is 0. The van der Waals surface area contributed by atoms with Gasteiger partial charge in [-0.3, -0.25) is 4.79 Å². The van der Waals surface area contributed by atoms with Gasteiger partial charge in [0.15, 0.2) is 0 Å². The number of carboxylic acid groups (broad SMARTS) is 1. The zero-order chi connectivity index (χ0) is 13.8. The molecule has 2 rings (SSSR count). The van der Waals surface area contributed by atoms with E-state index in [1.54, 1.807) is 18.2 Å². The second kappa shape index (κ2) is 5.56. The van der Waals surface area contributed by atoms with Crippen LogP contribution in [0.4, 0.5) is 5.82 Å². The van der Waals surface area contributed by atoms with E-state index in [0.29, 0.717) is 12.4 Å². The fourth-order valence-electron chi connectivity index (χ4n) is 2.09. The molecule has 0 atom stereocenters. The molecule has 1 heterocycles. The Kier molecular flexibility index (Phi) is 3.85. The number of rotatable bonds is 5. The van der Waals surface area contributed by atoms with E-state index in [9.17, 15) is 4.79 Å². The quantitative estimate of drug-likeness (QED) is 0.892. The van der Waals surface area contributed by atoms with E-state index in [0.717, 1.165) is 16.5 Å². The molecule has 5 heteroatoms. The van der Waals surface area contributed by atoms with Crippen LogP contribution in [-0.2, 0) is 4.79 Å². The highest BCUT2D eigenvalue weighted by Gasteiger charge is 2.14. The maximum absolute atomic E-state index is 10.9. The molecule has 0 saturated carbocycles. The van der Waals surface area contributed by atoms with E-state index < -0.39 is 5.97 Å². The number of anilines is 1. The normalized spacial score (nSPS) is 10.4. The second-order valence-electron chi connectivity index (χ2n) is 4.10. The predicted molar refractivity (Wildman–Crippen MR) is 73.8 cm³/mol. The van der Waals surface area contributed by atoms with Gasteiger partial charge in [-0.15, -0.1) is 0 Å². The number of methoxy groups -OCH3 is 1. The lowest BCUT2D eigenvalue weighted by atomic mass is 10.1. The van der Waals surface area contributed by atoms with Crippen LogP contribution in [0.3, 0.4) is 0 Å². The number of hydrogen-bond donors (Lipinski definition) is 1. The van der Waals surface area contributed by atoms with Gasteiger partial charge < -0.3 is 14.7 Å². The van der Waals surface area contributed by atoms with Gasteiger partial charge in [-0.2, -0.15) is 0 Å². The number of aliphatic carboxylic acids is 1. The molecule has 1 aromatic carbocycles. The number of benzene rings is 1. The van der Waals surface area contributed by atoms with Crippen LogP contribution >= 0.6 is 0 Å². The highest BCUT2D eigenvalue weighted by molar-refractivity contribution is 5.96. The Morgan fingerprint density at radius 2 is 2.16 bits per heavy atom. The van der Waals surface area contributed by atoms with E-state index >= 15 is 0 Å². The standard InChI is InChI=1S/C14H16N2O3/c1-3-16(9-13(17)18)14-11-5-4-6-12(19-2)10(11)7-8-15-14/h4-8H,3,9H2,1-2H3,(H,17,18). The van der Waals surface area contributed by atoms with Crippen molar-refractivity contribution in [1.29, 1.82) is 0 Å². The molecule has 2 aromatic rings. The number of carbonyl (C=O) groups is 1. The van der Waals surface area contributed by atoms with Gasteiger partial charge in [0, 0.05) is 23.5 Å². The van der Waals surface area contributed by atoms with Crippen LogP contribution in [0.2, 0.25) is 0 Å². The zero-order valence-electron chi connectivity index (χ0n) is 11.0. The van der Waals surface area contributed by atoms with E-state index in [4.69, 9.17) is 9.84 Å². The number of pyridine rings is 1. The Labute approximate surface area is 111 Å². The summed E-state index contributed by atoms with van der Waals surface area (Å²) in [7, 11) is 1.61. The van der Waals surface area contributed by atoms with Crippen molar-refractivity contribution in [2.75, 3.05) is 25.1 Å². The van der Waals surface area contributed by atoms with Crippen LogP contribution in [0, 0.1) is 0 Å². The lowest BCUT2D eigenvalue weighted by Crippen LogP contribution is -2.30. The number of nitrogens with zero attached hydrogens (tertiary/aromatic N) is 2. The zero-order valence-corrected chi connectivity index (χ0v) is 11.0. The summed E-state index contributed by atoms with van der Waals surface area (Å²) in [6, 6.07) is 7.54. The third-order valence-electron chi connectivity index (χ3n) is 2.97. The fraction of sp³-hybridized carbons (Fsp3) is 0.286. The Balaban J connectivity index is 2.57. The smallest absolute Gasteiger partial charge is 0.323 e. The van der Waals surface area contributed by atoms with Crippen molar-refractivity contribution in [3.05, 3.63) is 30.5 Å². The average molecular weight is 260 g/mol. The van der Waals surface area contributed by atoms with Crippen molar-refractivity contribution in [2.45, 2.75) is 6.92 Å². The Hall–Kier alpha value is -2.30. The van der Waals surface area contributed by atoms with E-state index in [2.05, 4.69) is 4.98 Å². The van der Waals surface area contributed by atoms with Gasteiger partial charge in [-0.05, 0) is 19.1 Å². The lowest BCUT2D eigenvalue weighted by Gasteiger charge is -2.21. The highest BCUT2D eigenvalue weighted by Crippen LogP contribution is 2.30. The largest absolute Gasteiger partial charge is 0.496 e. The first-order chi connectivity index (χ1) is 9.17. The first kappa shape index (κ1) is 13.1. The number of hydrogen-bond acceptors (Lipinski definition) is 4. The Morgan fingerprint density at radius 1 is 1.37 bits per heavy atom. The van der Waals surface area contributed by atoms with Crippen molar-refractivity contribution in [1.82, 2.24) is 4.98 Å². The van der Waals surface area contributed by atoms with Gasteiger partial charge in [0.05, 0.1) is 7.11 Å². The minimum absolute atomic E-state index is 0.0696. The summed E-state index contributed by atoms with van der Waals surface area (Å²) in [5, 5.41) is 10.8. The summed E-state index contributed by atoms with van der Waals surface area (Å²) in [5.74, 6) is 0.553. The molecule has 0 unspecified atom stereocenters. The molecule has 0 spiro atoms. The molecule has 0 fully saturated rings. The number of fused-ring (bicyclic) bond motifs is 1. The van der Waals surface area contributed by atoms with Crippen LogP contribution in [0.25, 0.3) is 10.8 Å². The molecule has 0 radical (unpaired) electrons. The number of likely N-dealkylation sites (N-methyl/N-ethyl adjacent to an activating group) is 1. The molecular weight excluding hydrogens is 244 g/mol. The van der Waals surface area contributed by atoms with Crippen LogP contribution in [0.15, 0.2) is 30.5 Å². The van der Waals surface area contributed by atoms with Crippen molar-refractivity contribution in [2.24, 2.45) is 0 Å². The van der Waals surface area contributed by atoms with Gasteiger partial charge in [0.2, 0.25) is 0 Å². The van der Waals surface area contributed by atoms with Gasteiger partial charge >= 0.3 is 5.97 Å². The van der Waals surface area contributed by atoms with Crippen LogP contribution in [-0.4, -0.2) is 36.3 Å². The van der Waals surface area contributed by atoms with Gasteiger partial charge in [-0.25, -0.2) is 4.98 Å². The lowest BCUT2D eigenvalue weighted by molar-refractivity contribution is -0.135. The maximum Gasteiger partial charge on any atom is 0.323 e. The second-order valence-corrected chi connectivity index (χ2v) is 4.10. The summed E-state index contributed by atoms with van der Waals surface area (Å²) in [5.41, 5.74) is 0. The predicted octanol–water partition coefficient (Wildman–Crippen LogP) is 2.15. The molecular formula is C14H16N2O3. The van der Waals surface area contributed by atoms with Crippen molar-refractivity contribution in [3.63, 3.8) is 0 Å². The Bertz CT molecular complexity index is 598. The number of ether oxygens (including phenoxy) is 1. The molecule has 1 aromatic heterocycles. The monoisotopic (exact) mass is 260 g/mol. The molecule has 0 aliphatic rings. The summed E-state index contributed by atoms with van der Waals surface area (Å²) in [4.78, 5) is 16.9. The van der Waals surface area contributed by atoms with E-state index in [1.165, 1.54) is 0 Å². The molecule has 0 saturated heterocycles. The average Bonchev–Trinajstić information content (AvgIpc) is 2.43. The summed E-state index contributed by atoms with van der Waals surface area (Å²) in [6.45, 7) is 2.42. The third-order valence-corrected chi connectivity index (χ3v) is 2.97. The molecule has 0 amide bonds. The van der Waals surface area contributed by atoms with Crippen molar-refractivity contribution < 1.29 is 14.6 Å². The molecule has 0 bridgehead atoms. The minimum Gasteiger partial charge on any atom is -0.496 e.